The van der Waals surface area contributed by atoms with Crippen molar-refractivity contribution in [1.82, 2.24) is 0 Å². The van der Waals surface area contributed by atoms with Gasteiger partial charge in [0.15, 0.2) is 0 Å². The van der Waals surface area contributed by atoms with Crippen molar-refractivity contribution in [3.8, 4) is 5.75 Å². The lowest BCUT2D eigenvalue weighted by Gasteiger charge is -2.28. The van der Waals surface area contributed by atoms with Gasteiger partial charge in [-0.1, -0.05) is 39.8 Å². The highest BCUT2D eigenvalue weighted by Gasteiger charge is 2.21. The first kappa shape index (κ1) is 17.3. The van der Waals surface area contributed by atoms with E-state index in [0.717, 1.165) is 18.2 Å². The second-order valence-corrected chi connectivity index (χ2v) is 7.88. The van der Waals surface area contributed by atoms with Gasteiger partial charge >= 0.3 is 0 Å². The fourth-order valence-electron chi connectivity index (χ4n) is 3.01. The second kappa shape index (κ2) is 7.47. The van der Waals surface area contributed by atoms with Crippen molar-refractivity contribution in [2.24, 2.45) is 5.92 Å². The third kappa shape index (κ3) is 5.29. The number of aliphatic hydroxyl groups excluding tert-OH is 1. The average Bonchev–Trinajstić information content (AvgIpc) is 2.47. The van der Waals surface area contributed by atoms with Gasteiger partial charge in [-0.15, -0.1) is 0 Å². The van der Waals surface area contributed by atoms with Crippen molar-refractivity contribution < 1.29 is 14.7 Å². The van der Waals surface area contributed by atoms with Crippen LogP contribution in [0.1, 0.15) is 46.1 Å². The van der Waals surface area contributed by atoms with Crippen LogP contribution in [-0.2, 0) is 5.41 Å². The third-order valence-corrected chi connectivity index (χ3v) is 4.67. The lowest BCUT2D eigenvalue weighted by Crippen LogP contribution is -3.14. The van der Waals surface area contributed by atoms with E-state index in [1.54, 1.807) is 0 Å². The summed E-state index contributed by atoms with van der Waals surface area (Å²) >= 11 is 0. The summed E-state index contributed by atoms with van der Waals surface area (Å²) < 4.78 is 5.73. The molecule has 2 N–H and O–H groups in total. The zero-order valence-electron chi connectivity index (χ0n) is 14.6. The van der Waals surface area contributed by atoms with E-state index >= 15 is 0 Å². The summed E-state index contributed by atoms with van der Waals surface area (Å²) in [6.45, 7) is 12.5. The highest BCUT2D eigenvalue weighted by Crippen LogP contribution is 2.24. The SMILES string of the molecule is CC1CC[NH+](CC(O)COc2ccc(C(C)(C)C)cc2)CC1. The van der Waals surface area contributed by atoms with E-state index in [1.165, 1.54) is 36.4 Å². The maximum absolute atomic E-state index is 10.2. The molecule has 1 unspecified atom stereocenters. The number of benzene rings is 1. The minimum Gasteiger partial charge on any atom is -0.491 e. The first-order valence-electron chi connectivity index (χ1n) is 8.59. The Hall–Kier alpha value is -1.06. The molecule has 1 heterocycles. The van der Waals surface area contributed by atoms with Crippen LogP contribution >= 0.6 is 0 Å². The molecule has 1 aliphatic heterocycles. The second-order valence-electron chi connectivity index (χ2n) is 7.88. The Morgan fingerprint density at radius 3 is 2.32 bits per heavy atom. The number of ether oxygens (including phenoxy) is 1. The van der Waals surface area contributed by atoms with E-state index in [9.17, 15) is 5.11 Å². The van der Waals surface area contributed by atoms with Gasteiger partial charge in [-0.25, -0.2) is 0 Å². The predicted octanol–water partition coefficient (Wildman–Crippen LogP) is 2.04. The van der Waals surface area contributed by atoms with Crippen LogP contribution in [-0.4, -0.2) is 37.5 Å². The fourth-order valence-corrected chi connectivity index (χ4v) is 3.01. The summed E-state index contributed by atoms with van der Waals surface area (Å²) in [6, 6.07) is 8.23. The number of rotatable bonds is 5. The molecule has 1 aromatic rings. The van der Waals surface area contributed by atoms with Gasteiger partial charge in [0.1, 0.15) is 25.0 Å². The largest absolute Gasteiger partial charge is 0.491 e. The third-order valence-electron chi connectivity index (χ3n) is 4.67. The van der Waals surface area contributed by atoms with Crippen LogP contribution < -0.4 is 9.64 Å². The first-order valence-corrected chi connectivity index (χ1v) is 8.59. The number of quaternary nitrogens is 1. The van der Waals surface area contributed by atoms with Gasteiger partial charge in [0.25, 0.3) is 0 Å². The molecule has 0 amide bonds. The Kier molecular flexibility index (Phi) is 5.87. The summed E-state index contributed by atoms with van der Waals surface area (Å²) in [5.74, 6) is 1.69. The number of nitrogens with one attached hydrogen (secondary N) is 1. The fraction of sp³-hybridized carbons (Fsp3) is 0.684. The van der Waals surface area contributed by atoms with Gasteiger partial charge in [0.05, 0.1) is 13.1 Å². The molecule has 0 aromatic heterocycles. The molecule has 3 heteroatoms. The predicted molar refractivity (Wildman–Crippen MR) is 90.6 cm³/mol. The molecule has 0 radical (unpaired) electrons. The van der Waals surface area contributed by atoms with Crippen LogP contribution in [0.2, 0.25) is 0 Å². The highest BCUT2D eigenvalue weighted by atomic mass is 16.5. The molecule has 0 spiro atoms. The van der Waals surface area contributed by atoms with Crippen LogP contribution in [0.25, 0.3) is 0 Å². The summed E-state index contributed by atoms with van der Waals surface area (Å²) in [5, 5.41) is 10.2. The van der Waals surface area contributed by atoms with Gasteiger partial charge in [-0.05, 0) is 41.9 Å². The monoisotopic (exact) mass is 306 g/mol. The number of aliphatic hydroxyl groups is 1. The molecule has 1 aromatic carbocycles. The molecular weight excluding hydrogens is 274 g/mol. The van der Waals surface area contributed by atoms with Gasteiger partial charge in [-0.3, -0.25) is 0 Å². The Morgan fingerprint density at radius 2 is 1.77 bits per heavy atom. The number of likely N-dealkylation sites (tertiary alicyclic amines) is 1. The van der Waals surface area contributed by atoms with Gasteiger partial charge in [0.2, 0.25) is 0 Å². The van der Waals surface area contributed by atoms with Gasteiger partial charge < -0.3 is 14.7 Å². The Balaban J connectivity index is 1.75. The van der Waals surface area contributed by atoms with Gasteiger partial charge in [-0.2, -0.15) is 0 Å². The zero-order valence-corrected chi connectivity index (χ0v) is 14.6. The Labute approximate surface area is 135 Å². The molecule has 2 rings (SSSR count). The topological polar surface area (TPSA) is 33.9 Å². The van der Waals surface area contributed by atoms with E-state index < -0.39 is 0 Å². The maximum Gasteiger partial charge on any atom is 0.137 e. The van der Waals surface area contributed by atoms with Crippen molar-refractivity contribution >= 4 is 0 Å². The smallest absolute Gasteiger partial charge is 0.137 e. The lowest BCUT2D eigenvalue weighted by atomic mass is 9.87. The molecule has 0 bridgehead atoms. The normalized spacial score (nSPS) is 24.0. The van der Waals surface area contributed by atoms with Crippen molar-refractivity contribution in [1.29, 1.82) is 0 Å². The standard InChI is InChI=1S/C19H31NO2/c1-15-9-11-20(12-10-15)13-17(21)14-22-18-7-5-16(6-8-18)19(2,3)4/h5-8,15,17,21H,9-14H2,1-4H3/p+1. The molecule has 1 fully saturated rings. The molecule has 0 saturated carbocycles. The molecule has 1 aliphatic rings. The zero-order chi connectivity index (χ0) is 16.2. The number of piperidine rings is 1. The Bertz CT molecular complexity index is 441. The van der Waals surface area contributed by atoms with Crippen molar-refractivity contribution in [3.63, 3.8) is 0 Å². The quantitative estimate of drug-likeness (QED) is 0.873. The summed E-state index contributed by atoms with van der Waals surface area (Å²) in [7, 11) is 0. The molecule has 1 saturated heterocycles. The van der Waals surface area contributed by atoms with E-state index in [4.69, 9.17) is 4.74 Å². The molecule has 124 valence electrons. The Morgan fingerprint density at radius 1 is 1.18 bits per heavy atom. The lowest BCUT2D eigenvalue weighted by molar-refractivity contribution is -0.909. The van der Waals surface area contributed by atoms with E-state index in [-0.39, 0.29) is 11.5 Å². The number of hydrogen-bond acceptors (Lipinski definition) is 2. The molecule has 3 nitrogen and oxygen atoms in total. The average molecular weight is 306 g/mol. The molecule has 0 aliphatic carbocycles. The molecule has 1 atom stereocenters. The van der Waals surface area contributed by atoms with E-state index in [2.05, 4.69) is 39.8 Å². The van der Waals surface area contributed by atoms with E-state index in [0.29, 0.717) is 6.61 Å². The minimum atomic E-state index is -0.384. The van der Waals surface area contributed by atoms with Crippen molar-refractivity contribution in [3.05, 3.63) is 29.8 Å². The van der Waals surface area contributed by atoms with Crippen LogP contribution in [0, 0.1) is 5.92 Å². The van der Waals surface area contributed by atoms with Crippen LogP contribution in [0.4, 0.5) is 0 Å². The summed E-state index contributed by atoms with van der Waals surface area (Å²) in [4.78, 5) is 1.51. The summed E-state index contributed by atoms with van der Waals surface area (Å²) in [6.07, 6.45) is 2.17. The molecule has 22 heavy (non-hydrogen) atoms. The van der Waals surface area contributed by atoms with Crippen LogP contribution in [0.3, 0.4) is 0 Å². The van der Waals surface area contributed by atoms with Gasteiger partial charge in [0, 0.05) is 0 Å². The maximum atomic E-state index is 10.2. The van der Waals surface area contributed by atoms with Crippen molar-refractivity contribution in [2.45, 2.75) is 52.1 Å². The number of hydrogen-bond donors (Lipinski definition) is 2. The van der Waals surface area contributed by atoms with Crippen LogP contribution in [0.15, 0.2) is 24.3 Å². The first-order chi connectivity index (χ1) is 10.3. The van der Waals surface area contributed by atoms with Crippen LogP contribution in [0.5, 0.6) is 5.75 Å². The summed E-state index contributed by atoms with van der Waals surface area (Å²) in [5.41, 5.74) is 1.46. The van der Waals surface area contributed by atoms with E-state index in [1.807, 2.05) is 12.1 Å². The van der Waals surface area contributed by atoms with Crippen molar-refractivity contribution in [2.75, 3.05) is 26.2 Å². The molecular formula is C19H32NO2+. The minimum absolute atomic E-state index is 0.160. The highest BCUT2D eigenvalue weighted by molar-refractivity contribution is 5.31.